The second-order valence-electron chi connectivity index (χ2n) is 5.10. The molecule has 1 atom stereocenters. The molecule has 0 saturated heterocycles. The van der Waals surface area contributed by atoms with E-state index >= 15 is 0 Å². The highest BCUT2D eigenvalue weighted by Gasteiger charge is 2.08. The van der Waals surface area contributed by atoms with Crippen molar-refractivity contribution in [3.63, 3.8) is 0 Å². The molecule has 0 radical (unpaired) electrons. The lowest BCUT2D eigenvalue weighted by Gasteiger charge is -2.12. The van der Waals surface area contributed by atoms with Crippen LogP contribution in [0.4, 0.5) is 8.78 Å². The summed E-state index contributed by atoms with van der Waals surface area (Å²) in [6, 6.07) is 11.7. The summed E-state index contributed by atoms with van der Waals surface area (Å²) < 4.78 is 31.1. The van der Waals surface area contributed by atoms with Crippen LogP contribution < -0.4 is 10.5 Å². The van der Waals surface area contributed by atoms with E-state index in [1.54, 1.807) is 13.2 Å². The maximum absolute atomic E-state index is 13.1. The molecule has 2 aromatic rings. The third kappa shape index (κ3) is 4.53. The Labute approximate surface area is 123 Å². The highest BCUT2D eigenvalue weighted by atomic mass is 19.2. The molecule has 0 aliphatic rings. The minimum Gasteiger partial charge on any atom is -0.497 e. The Hall–Kier alpha value is -1.94. The van der Waals surface area contributed by atoms with E-state index in [2.05, 4.69) is 0 Å². The molecule has 4 heteroatoms. The van der Waals surface area contributed by atoms with Gasteiger partial charge in [0.15, 0.2) is 11.6 Å². The second-order valence-corrected chi connectivity index (χ2v) is 5.10. The van der Waals surface area contributed by atoms with E-state index < -0.39 is 11.6 Å². The normalized spacial score (nSPS) is 12.2. The highest BCUT2D eigenvalue weighted by Crippen LogP contribution is 2.15. The Morgan fingerprint density at radius 2 is 1.67 bits per heavy atom. The molecule has 0 fully saturated rings. The number of nitrogens with two attached hydrogens (primary N) is 1. The van der Waals surface area contributed by atoms with Crippen LogP contribution in [0.25, 0.3) is 0 Å². The van der Waals surface area contributed by atoms with Crippen LogP contribution in [0.2, 0.25) is 0 Å². The Balaban J connectivity index is 1.86. The quantitative estimate of drug-likeness (QED) is 0.884. The van der Waals surface area contributed by atoms with Crippen LogP contribution in [0, 0.1) is 11.6 Å². The molecular weight excluding hydrogens is 272 g/mol. The fraction of sp³-hybridized carbons (Fsp3) is 0.294. The molecule has 0 heterocycles. The van der Waals surface area contributed by atoms with Crippen molar-refractivity contribution >= 4 is 0 Å². The van der Waals surface area contributed by atoms with Gasteiger partial charge >= 0.3 is 0 Å². The zero-order chi connectivity index (χ0) is 15.2. The van der Waals surface area contributed by atoms with E-state index in [9.17, 15) is 8.78 Å². The lowest BCUT2D eigenvalue weighted by atomic mass is 9.99. The minimum atomic E-state index is -0.828. The average Bonchev–Trinajstić information content (AvgIpc) is 2.49. The van der Waals surface area contributed by atoms with Crippen molar-refractivity contribution in [2.75, 3.05) is 7.11 Å². The van der Waals surface area contributed by atoms with Crippen LogP contribution in [0.1, 0.15) is 17.5 Å². The van der Waals surface area contributed by atoms with Crippen LogP contribution in [0.5, 0.6) is 5.75 Å². The van der Waals surface area contributed by atoms with E-state index in [0.717, 1.165) is 30.2 Å². The number of halogens is 2. The van der Waals surface area contributed by atoms with Crippen molar-refractivity contribution in [3.05, 3.63) is 65.2 Å². The summed E-state index contributed by atoms with van der Waals surface area (Å²) in [4.78, 5) is 0. The van der Waals surface area contributed by atoms with Gasteiger partial charge in [0.1, 0.15) is 5.75 Å². The van der Waals surface area contributed by atoms with Crippen LogP contribution in [0.15, 0.2) is 42.5 Å². The number of ether oxygens (including phenoxy) is 1. The summed E-state index contributed by atoms with van der Waals surface area (Å²) in [6.07, 6.45) is 2.16. The van der Waals surface area contributed by atoms with Crippen LogP contribution in [0.3, 0.4) is 0 Å². The molecule has 0 saturated carbocycles. The molecular formula is C17H19F2NO. The van der Waals surface area contributed by atoms with E-state index in [4.69, 9.17) is 10.5 Å². The van der Waals surface area contributed by atoms with Gasteiger partial charge < -0.3 is 10.5 Å². The van der Waals surface area contributed by atoms with Gasteiger partial charge in [-0.15, -0.1) is 0 Å². The van der Waals surface area contributed by atoms with E-state index in [1.807, 2.05) is 24.3 Å². The summed E-state index contributed by atoms with van der Waals surface area (Å²) in [5.41, 5.74) is 7.95. The third-order valence-corrected chi connectivity index (χ3v) is 3.44. The van der Waals surface area contributed by atoms with Crippen molar-refractivity contribution in [2.45, 2.75) is 25.3 Å². The monoisotopic (exact) mass is 291 g/mol. The minimum absolute atomic E-state index is 0.0861. The molecule has 0 amide bonds. The first-order chi connectivity index (χ1) is 10.1. The van der Waals surface area contributed by atoms with Gasteiger partial charge in [-0.25, -0.2) is 8.78 Å². The molecule has 2 aromatic carbocycles. The molecule has 0 bridgehead atoms. The van der Waals surface area contributed by atoms with Gasteiger partial charge in [0.2, 0.25) is 0 Å². The summed E-state index contributed by atoms with van der Waals surface area (Å²) >= 11 is 0. The molecule has 112 valence electrons. The number of hydrogen-bond acceptors (Lipinski definition) is 2. The molecule has 2 nitrogen and oxygen atoms in total. The summed E-state index contributed by atoms with van der Waals surface area (Å²) in [6.45, 7) is 0. The number of benzene rings is 2. The van der Waals surface area contributed by atoms with Crippen molar-refractivity contribution < 1.29 is 13.5 Å². The summed E-state index contributed by atoms with van der Waals surface area (Å²) in [5, 5.41) is 0. The maximum Gasteiger partial charge on any atom is 0.159 e. The van der Waals surface area contributed by atoms with Gasteiger partial charge in [0.05, 0.1) is 7.11 Å². The van der Waals surface area contributed by atoms with Crippen molar-refractivity contribution in [1.82, 2.24) is 0 Å². The predicted octanol–water partition coefficient (Wildman–Crippen LogP) is 3.48. The number of hydrogen-bond donors (Lipinski definition) is 1. The van der Waals surface area contributed by atoms with Crippen LogP contribution in [-0.2, 0) is 12.8 Å². The van der Waals surface area contributed by atoms with Gasteiger partial charge in [-0.2, -0.15) is 0 Å². The molecule has 0 aromatic heterocycles. The number of methoxy groups -OCH3 is 1. The largest absolute Gasteiger partial charge is 0.497 e. The number of rotatable bonds is 6. The zero-order valence-corrected chi connectivity index (χ0v) is 12.0. The zero-order valence-electron chi connectivity index (χ0n) is 12.0. The Morgan fingerprint density at radius 3 is 2.29 bits per heavy atom. The lowest BCUT2D eigenvalue weighted by molar-refractivity contribution is 0.414. The molecule has 21 heavy (non-hydrogen) atoms. The number of aryl methyl sites for hydroxylation is 1. The topological polar surface area (TPSA) is 35.2 Å². The van der Waals surface area contributed by atoms with E-state index in [-0.39, 0.29) is 6.04 Å². The second kappa shape index (κ2) is 7.18. The predicted molar refractivity (Wildman–Crippen MR) is 79.4 cm³/mol. The molecule has 0 aliphatic carbocycles. The van der Waals surface area contributed by atoms with Crippen LogP contribution in [-0.4, -0.2) is 13.2 Å². The Morgan fingerprint density at radius 1 is 1.00 bits per heavy atom. The highest BCUT2D eigenvalue weighted by molar-refractivity contribution is 5.27. The van der Waals surface area contributed by atoms with Gasteiger partial charge in [-0.3, -0.25) is 0 Å². The fourth-order valence-electron chi connectivity index (χ4n) is 2.22. The Kier molecular flexibility index (Phi) is 5.28. The Bertz CT molecular complexity index is 584. The van der Waals surface area contributed by atoms with Crippen molar-refractivity contribution in [2.24, 2.45) is 5.73 Å². The first-order valence-corrected chi connectivity index (χ1v) is 6.91. The van der Waals surface area contributed by atoms with Gasteiger partial charge in [0, 0.05) is 6.04 Å². The summed E-state index contributed by atoms with van der Waals surface area (Å²) in [7, 11) is 1.63. The third-order valence-electron chi connectivity index (χ3n) is 3.44. The lowest BCUT2D eigenvalue weighted by Crippen LogP contribution is -2.23. The summed E-state index contributed by atoms with van der Waals surface area (Å²) in [5.74, 6) is -0.828. The average molecular weight is 291 g/mol. The van der Waals surface area contributed by atoms with Gasteiger partial charge in [-0.05, 0) is 54.7 Å². The SMILES string of the molecule is COc1ccc(CCC(N)Cc2ccc(F)c(F)c2)cc1. The molecule has 0 spiro atoms. The first-order valence-electron chi connectivity index (χ1n) is 6.91. The van der Waals surface area contributed by atoms with Gasteiger partial charge in [-0.1, -0.05) is 18.2 Å². The van der Waals surface area contributed by atoms with Crippen molar-refractivity contribution in [1.29, 1.82) is 0 Å². The van der Waals surface area contributed by atoms with E-state index in [1.165, 1.54) is 11.6 Å². The molecule has 0 aliphatic heterocycles. The smallest absolute Gasteiger partial charge is 0.159 e. The maximum atomic E-state index is 13.1. The van der Waals surface area contributed by atoms with Crippen LogP contribution >= 0.6 is 0 Å². The van der Waals surface area contributed by atoms with E-state index in [0.29, 0.717) is 6.42 Å². The molecule has 1 unspecified atom stereocenters. The first kappa shape index (κ1) is 15.4. The molecule has 2 N–H and O–H groups in total. The standard InChI is InChI=1S/C17H19F2NO/c1-21-15-7-3-12(4-8-15)2-6-14(20)10-13-5-9-16(18)17(19)11-13/h3-5,7-9,11,14H,2,6,10,20H2,1H3. The fourth-order valence-corrected chi connectivity index (χ4v) is 2.22. The van der Waals surface area contributed by atoms with Gasteiger partial charge in [0.25, 0.3) is 0 Å². The molecule has 2 rings (SSSR count). The van der Waals surface area contributed by atoms with Crippen molar-refractivity contribution in [3.8, 4) is 5.75 Å².